The van der Waals surface area contributed by atoms with Gasteiger partial charge in [0.1, 0.15) is 0 Å². The van der Waals surface area contributed by atoms with Crippen LogP contribution in [0.25, 0.3) is 0 Å². The number of ether oxygens (including phenoxy) is 1. The van der Waals surface area contributed by atoms with E-state index in [2.05, 4.69) is 10.1 Å². The summed E-state index contributed by atoms with van der Waals surface area (Å²) >= 11 is 0. The van der Waals surface area contributed by atoms with Crippen LogP contribution in [0.3, 0.4) is 0 Å². The Morgan fingerprint density at radius 2 is 1.60 bits per heavy atom. The van der Waals surface area contributed by atoms with Gasteiger partial charge in [0.15, 0.2) is 0 Å². The van der Waals surface area contributed by atoms with Gasteiger partial charge in [-0.2, -0.15) is 0 Å². The maximum Gasteiger partial charge on any atom is 0.337 e. The van der Waals surface area contributed by atoms with Crippen LogP contribution in [0.2, 0.25) is 0 Å². The number of methoxy groups -OCH3 is 1. The van der Waals surface area contributed by atoms with Gasteiger partial charge in [0.25, 0.3) is 5.91 Å². The van der Waals surface area contributed by atoms with Gasteiger partial charge >= 0.3 is 5.97 Å². The Hall–Kier alpha value is -3.15. The first-order chi connectivity index (χ1) is 14.5. The number of carbonyl (C=O) groups is 3. The third-order valence-electron chi connectivity index (χ3n) is 5.62. The summed E-state index contributed by atoms with van der Waals surface area (Å²) in [7, 11) is 1.32. The lowest BCUT2D eigenvalue weighted by Gasteiger charge is -2.34. The van der Waals surface area contributed by atoms with Gasteiger partial charge < -0.3 is 15.0 Å². The Kier molecular flexibility index (Phi) is 7.22. The van der Waals surface area contributed by atoms with Crippen LogP contribution in [0.15, 0.2) is 54.6 Å². The van der Waals surface area contributed by atoms with E-state index in [4.69, 9.17) is 0 Å². The molecule has 2 aromatic carbocycles. The van der Waals surface area contributed by atoms with Crippen molar-refractivity contribution in [3.8, 4) is 0 Å². The molecule has 1 aliphatic rings. The highest BCUT2D eigenvalue weighted by Crippen LogP contribution is 2.24. The Balaban J connectivity index is 1.53. The number of nitrogens with zero attached hydrogens (tertiary/aromatic N) is 1. The van der Waals surface area contributed by atoms with E-state index in [-0.39, 0.29) is 23.8 Å². The lowest BCUT2D eigenvalue weighted by molar-refractivity contribution is -0.134. The second-order valence-electron chi connectivity index (χ2n) is 7.51. The van der Waals surface area contributed by atoms with Crippen LogP contribution in [0.4, 0.5) is 0 Å². The predicted molar refractivity (Wildman–Crippen MR) is 114 cm³/mol. The Bertz CT molecular complexity index is 872. The number of piperidine rings is 1. The van der Waals surface area contributed by atoms with Gasteiger partial charge in [-0.15, -0.1) is 0 Å². The van der Waals surface area contributed by atoms with Gasteiger partial charge in [0, 0.05) is 24.7 Å². The van der Waals surface area contributed by atoms with Crippen molar-refractivity contribution >= 4 is 17.8 Å². The Labute approximate surface area is 177 Å². The highest BCUT2D eigenvalue weighted by molar-refractivity contribution is 5.96. The van der Waals surface area contributed by atoms with Crippen LogP contribution in [-0.4, -0.2) is 48.9 Å². The smallest absolute Gasteiger partial charge is 0.337 e. The minimum atomic E-state index is -0.431. The second-order valence-corrected chi connectivity index (χ2v) is 7.51. The van der Waals surface area contributed by atoms with Crippen molar-refractivity contribution in [1.82, 2.24) is 10.2 Å². The predicted octanol–water partition coefficient (Wildman–Crippen LogP) is 3.39. The summed E-state index contributed by atoms with van der Waals surface area (Å²) in [6.07, 6.45) is 2.22. The molecule has 1 fully saturated rings. The van der Waals surface area contributed by atoms with Crippen molar-refractivity contribution in [3.05, 3.63) is 71.3 Å². The average Bonchev–Trinajstić information content (AvgIpc) is 2.80. The summed E-state index contributed by atoms with van der Waals surface area (Å²) < 4.78 is 4.67. The molecule has 1 saturated heterocycles. The first-order valence-corrected chi connectivity index (χ1v) is 10.4. The van der Waals surface area contributed by atoms with E-state index in [1.54, 1.807) is 24.3 Å². The number of carbonyl (C=O) groups excluding carboxylic acids is 3. The zero-order chi connectivity index (χ0) is 21.5. The van der Waals surface area contributed by atoms with Gasteiger partial charge in [0.2, 0.25) is 5.91 Å². The molecule has 1 unspecified atom stereocenters. The molecule has 0 saturated carbocycles. The maximum absolute atomic E-state index is 13.0. The average molecular weight is 408 g/mol. The van der Waals surface area contributed by atoms with Crippen LogP contribution in [0.5, 0.6) is 0 Å². The molecule has 0 radical (unpaired) electrons. The van der Waals surface area contributed by atoms with Crippen molar-refractivity contribution in [2.75, 3.05) is 20.2 Å². The molecule has 30 heavy (non-hydrogen) atoms. The van der Waals surface area contributed by atoms with E-state index in [1.807, 2.05) is 42.2 Å². The minimum Gasteiger partial charge on any atom is -0.465 e. The molecule has 2 aromatic rings. The summed E-state index contributed by atoms with van der Waals surface area (Å²) in [5, 5.41) is 3.04. The fraction of sp³-hybridized carbons (Fsp3) is 0.375. The molecule has 0 aromatic heterocycles. The first kappa shape index (κ1) is 21.6. The topological polar surface area (TPSA) is 75.7 Å². The molecule has 6 heteroatoms. The van der Waals surface area contributed by atoms with Gasteiger partial charge in [-0.3, -0.25) is 9.59 Å². The van der Waals surface area contributed by atoms with Gasteiger partial charge in [0.05, 0.1) is 18.6 Å². The third-order valence-corrected chi connectivity index (χ3v) is 5.62. The summed E-state index contributed by atoms with van der Waals surface area (Å²) in [5.41, 5.74) is 1.96. The number of hydrogen-bond donors (Lipinski definition) is 1. The van der Waals surface area contributed by atoms with E-state index >= 15 is 0 Å². The summed E-state index contributed by atoms with van der Waals surface area (Å²) in [4.78, 5) is 38.9. The summed E-state index contributed by atoms with van der Waals surface area (Å²) in [6, 6.07) is 16.3. The van der Waals surface area contributed by atoms with Crippen molar-refractivity contribution < 1.29 is 19.1 Å². The van der Waals surface area contributed by atoms with E-state index in [0.29, 0.717) is 24.2 Å². The fourth-order valence-corrected chi connectivity index (χ4v) is 3.85. The summed E-state index contributed by atoms with van der Waals surface area (Å²) in [6.45, 7) is 3.30. The highest BCUT2D eigenvalue weighted by Gasteiger charge is 2.28. The van der Waals surface area contributed by atoms with Crippen molar-refractivity contribution in [3.63, 3.8) is 0 Å². The molecule has 0 bridgehead atoms. The molecular weight excluding hydrogens is 380 g/mol. The molecule has 1 heterocycles. The number of hydrogen-bond acceptors (Lipinski definition) is 4. The second kappa shape index (κ2) is 10.1. The standard InChI is InChI=1S/C24H28N2O4/c1-3-21(17-7-5-4-6-8-17)23(28)26-15-13-20(14-16-26)25-22(27)18-9-11-19(12-10-18)24(29)30-2/h4-12,20-21H,3,13-16H2,1-2H3,(H,25,27). The fourth-order valence-electron chi connectivity index (χ4n) is 3.85. The number of rotatable bonds is 6. The maximum atomic E-state index is 13.0. The van der Waals surface area contributed by atoms with Gasteiger partial charge in [-0.1, -0.05) is 37.3 Å². The Morgan fingerprint density at radius 1 is 1.00 bits per heavy atom. The largest absolute Gasteiger partial charge is 0.465 e. The number of esters is 1. The molecule has 158 valence electrons. The lowest BCUT2D eigenvalue weighted by Crippen LogP contribution is -2.47. The minimum absolute atomic E-state index is 0.0265. The van der Waals surface area contributed by atoms with Crippen LogP contribution >= 0.6 is 0 Å². The molecule has 0 aliphatic carbocycles. The molecule has 2 amide bonds. The van der Waals surface area contributed by atoms with Crippen LogP contribution in [0.1, 0.15) is 58.4 Å². The first-order valence-electron chi connectivity index (χ1n) is 10.4. The molecule has 3 rings (SSSR count). The monoisotopic (exact) mass is 408 g/mol. The van der Waals surface area contributed by atoms with E-state index in [0.717, 1.165) is 24.8 Å². The van der Waals surface area contributed by atoms with Crippen molar-refractivity contribution in [2.45, 2.75) is 38.1 Å². The number of nitrogens with one attached hydrogen (secondary N) is 1. The number of benzene rings is 2. The zero-order valence-corrected chi connectivity index (χ0v) is 17.5. The molecule has 1 N–H and O–H groups in total. The van der Waals surface area contributed by atoms with E-state index in [1.165, 1.54) is 7.11 Å². The number of amides is 2. The van der Waals surface area contributed by atoms with E-state index < -0.39 is 5.97 Å². The van der Waals surface area contributed by atoms with Crippen LogP contribution < -0.4 is 5.32 Å². The van der Waals surface area contributed by atoms with Gasteiger partial charge in [-0.25, -0.2) is 4.79 Å². The lowest BCUT2D eigenvalue weighted by atomic mass is 9.93. The van der Waals surface area contributed by atoms with Crippen molar-refractivity contribution in [1.29, 1.82) is 0 Å². The molecule has 1 atom stereocenters. The summed E-state index contributed by atoms with van der Waals surface area (Å²) in [5.74, 6) is -0.565. The quantitative estimate of drug-likeness (QED) is 0.744. The molecule has 6 nitrogen and oxygen atoms in total. The van der Waals surface area contributed by atoms with Gasteiger partial charge in [-0.05, 0) is 49.1 Å². The van der Waals surface area contributed by atoms with Crippen LogP contribution in [-0.2, 0) is 9.53 Å². The zero-order valence-electron chi connectivity index (χ0n) is 17.5. The molecular formula is C24H28N2O4. The van der Waals surface area contributed by atoms with E-state index in [9.17, 15) is 14.4 Å². The normalized spacial score (nSPS) is 15.3. The number of likely N-dealkylation sites (tertiary alicyclic amines) is 1. The SMILES string of the molecule is CCC(C(=O)N1CCC(NC(=O)c2ccc(C(=O)OC)cc2)CC1)c1ccccc1. The third kappa shape index (κ3) is 5.06. The molecule has 0 spiro atoms. The Morgan fingerprint density at radius 3 is 2.17 bits per heavy atom. The molecule has 1 aliphatic heterocycles. The highest BCUT2D eigenvalue weighted by atomic mass is 16.5. The van der Waals surface area contributed by atoms with Crippen LogP contribution in [0, 0.1) is 0 Å². The van der Waals surface area contributed by atoms with Crippen molar-refractivity contribution in [2.24, 2.45) is 0 Å².